The molecule has 3 aromatic rings. The van der Waals surface area contributed by atoms with Crippen molar-refractivity contribution in [2.45, 2.75) is 26.9 Å². The maximum atomic E-state index is 12.4. The molecule has 3 rings (SSSR count). The van der Waals surface area contributed by atoms with Gasteiger partial charge in [-0.1, -0.05) is 18.2 Å². The van der Waals surface area contributed by atoms with E-state index >= 15 is 0 Å². The molecular weight excluding hydrogens is 358 g/mol. The van der Waals surface area contributed by atoms with Crippen molar-refractivity contribution in [2.75, 3.05) is 11.9 Å². The minimum atomic E-state index is -0.347. The summed E-state index contributed by atoms with van der Waals surface area (Å²) in [5.41, 5.74) is 1.77. The van der Waals surface area contributed by atoms with Crippen molar-refractivity contribution in [3.63, 3.8) is 0 Å². The van der Waals surface area contributed by atoms with Crippen molar-refractivity contribution in [3.8, 4) is 0 Å². The molecular formula is C18H18ClN3O2S. The Hall–Kier alpha value is -2.18. The van der Waals surface area contributed by atoms with Crippen LogP contribution in [0.25, 0.3) is 10.2 Å². The Kier molecular flexibility index (Phi) is 4.92. The number of para-hydroxylation sites is 1. The standard InChI is InChI=1S/C18H18ClN3O2S/c1-10(2)24-17(23)14-11(3)13-15(20-18(19)21-16(13)25-14)22(4)12-8-6-5-7-9-12/h5-10H,1-4H3. The van der Waals surface area contributed by atoms with Crippen LogP contribution in [0.2, 0.25) is 5.28 Å². The number of aromatic nitrogens is 2. The number of benzene rings is 1. The van der Waals surface area contributed by atoms with E-state index in [1.807, 2.05) is 63.1 Å². The molecule has 0 spiro atoms. The number of nitrogens with zero attached hydrogens (tertiary/aromatic N) is 3. The van der Waals surface area contributed by atoms with Crippen LogP contribution in [-0.4, -0.2) is 29.1 Å². The number of carbonyl (C=O) groups excluding carboxylic acids is 1. The predicted molar refractivity (Wildman–Crippen MR) is 102 cm³/mol. The number of thiophene rings is 1. The third-order valence-corrected chi connectivity index (χ3v) is 5.07. The first-order chi connectivity index (χ1) is 11.9. The summed E-state index contributed by atoms with van der Waals surface area (Å²) in [6.07, 6.45) is -0.182. The smallest absolute Gasteiger partial charge is 0.348 e. The summed E-state index contributed by atoms with van der Waals surface area (Å²) in [5, 5.41) is 0.965. The van der Waals surface area contributed by atoms with E-state index in [0.717, 1.165) is 16.6 Å². The normalized spacial score (nSPS) is 11.1. The van der Waals surface area contributed by atoms with Gasteiger partial charge in [0.15, 0.2) is 0 Å². The lowest BCUT2D eigenvalue weighted by molar-refractivity contribution is 0.0383. The molecule has 0 fully saturated rings. The van der Waals surface area contributed by atoms with Gasteiger partial charge in [0.25, 0.3) is 0 Å². The molecule has 0 aliphatic heterocycles. The topological polar surface area (TPSA) is 55.3 Å². The molecule has 2 heterocycles. The van der Waals surface area contributed by atoms with Crippen molar-refractivity contribution in [1.82, 2.24) is 9.97 Å². The molecule has 25 heavy (non-hydrogen) atoms. The molecule has 0 unspecified atom stereocenters. The van der Waals surface area contributed by atoms with Gasteiger partial charge in [0.05, 0.1) is 11.5 Å². The summed E-state index contributed by atoms with van der Waals surface area (Å²) in [6, 6.07) is 9.83. The molecule has 0 amide bonds. The molecule has 0 saturated carbocycles. The van der Waals surface area contributed by atoms with Gasteiger partial charge < -0.3 is 9.64 Å². The minimum absolute atomic E-state index is 0.148. The molecule has 0 bridgehead atoms. The average molecular weight is 376 g/mol. The van der Waals surface area contributed by atoms with Crippen LogP contribution in [0.4, 0.5) is 11.5 Å². The van der Waals surface area contributed by atoms with E-state index in [2.05, 4.69) is 9.97 Å². The highest BCUT2D eigenvalue weighted by Gasteiger charge is 2.23. The van der Waals surface area contributed by atoms with E-state index in [0.29, 0.717) is 15.5 Å². The summed E-state index contributed by atoms with van der Waals surface area (Å²) in [7, 11) is 1.91. The van der Waals surface area contributed by atoms with Crippen LogP contribution >= 0.6 is 22.9 Å². The number of fused-ring (bicyclic) bond motifs is 1. The highest BCUT2D eigenvalue weighted by molar-refractivity contribution is 7.20. The average Bonchev–Trinajstić information content (AvgIpc) is 2.90. The number of rotatable bonds is 4. The van der Waals surface area contributed by atoms with Gasteiger partial charge in [0, 0.05) is 12.7 Å². The van der Waals surface area contributed by atoms with Crippen molar-refractivity contribution in [3.05, 3.63) is 46.1 Å². The molecule has 5 nitrogen and oxygen atoms in total. The van der Waals surface area contributed by atoms with Gasteiger partial charge >= 0.3 is 5.97 Å². The zero-order chi connectivity index (χ0) is 18.1. The molecule has 0 radical (unpaired) electrons. The Morgan fingerprint density at radius 3 is 2.56 bits per heavy atom. The molecule has 0 N–H and O–H groups in total. The van der Waals surface area contributed by atoms with E-state index in [4.69, 9.17) is 16.3 Å². The molecule has 0 atom stereocenters. The number of esters is 1. The second kappa shape index (κ2) is 6.98. The van der Waals surface area contributed by atoms with E-state index in [1.54, 1.807) is 0 Å². The number of hydrogen-bond donors (Lipinski definition) is 0. The maximum Gasteiger partial charge on any atom is 0.348 e. The summed E-state index contributed by atoms with van der Waals surface area (Å²) in [6.45, 7) is 5.53. The van der Waals surface area contributed by atoms with Crippen LogP contribution in [0.3, 0.4) is 0 Å². The number of hydrogen-bond acceptors (Lipinski definition) is 6. The fraction of sp³-hybridized carbons (Fsp3) is 0.278. The van der Waals surface area contributed by atoms with Crippen LogP contribution in [0.5, 0.6) is 0 Å². The zero-order valence-electron chi connectivity index (χ0n) is 14.4. The second-order valence-electron chi connectivity index (χ2n) is 5.90. The molecule has 0 aliphatic rings. The van der Waals surface area contributed by atoms with Crippen LogP contribution in [0.1, 0.15) is 29.1 Å². The number of ether oxygens (including phenoxy) is 1. The number of carbonyl (C=O) groups is 1. The van der Waals surface area contributed by atoms with Crippen molar-refractivity contribution in [2.24, 2.45) is 0 Å². The fourth-order valence-electron chi connectivity index (χ4n) is 2.57. The largest absolute Gasteiger partial charge is 0.459 e. The Morgan fingerprint density at radius 1 is 1.24 bits per heavy atom. The van der Waals surface area contributed by atoms with Gasteiger partial charge in [0.1, 0.15) is 15.5 Å². The molecule has 1 aromatic carbocycles. The second-order valence-corrected chi connectivity index (χ2v) is 7.24. The quantitative estimate of drug-likeness (QED) is 0.475. The number of anilines is 2. The Bertz CT molecular complexity index is 925. The summed E-state index contributed by atoms with van der Waals surface area (Å²) in [4.78, 5) is 24.2. The highest BCUT2D eigenvalue weighted by atomic mass is 35.5. The summed E-state index contributed by atoms with van der Waals surface area (Å²) >= 11 is 7.40. The molecule has 7 heteroatoms. The van der Waals surface area contributed by atoms with Crippen LogP contribution < -0.4 is 4.90 Å². The van der Waals surface area contributed by atoms with Gasteiger partial charge in [-0.2, -0.15) is 4.98 Å². The first kappa shape index (κ1) is 17.6. The predicted octanol–water partition coefficient (Wildman–Crippen LogP) is 4.99. The van der Waals surface area contributed by atoms with Crippen LogP contribution in [0, 0.1) is 6.92 Å². The third-order valence-electron chi connectivity index (χ3n) is 3.73. The molecule has 0 saturated heterocycles. The van der Waals surface area contributed by atoms with Gasteiger partial charge in [-0.15, -0.1) is 11.3 Å². The summed E-state index contributed by atoms with van der Waals surface area (Å²) < 4.78 is 5.34. The van der Waals surface area contributed by atoms with Crippen molar-refractivity contribution < 1.29 is 9.53 Å². The van der Waals surface area contributed by atoms with Gasteiger partial charge in [0.2, 0.25) is 5.28 Å². The maximum absolute atomic E-state index is 12.4. The third kappa shape index (κ3) is 3.45. The van der Waals surface area contributed by atoms with E-state index < -0.39 is 0 Å². The van der Waals surface area contributed by atoms with Gasteiger partial charge in [-0.25, -0.2) is 9.78 Å². The molecule has 0 aliphatic carbocycles. The van der Waals surface area contributed by atoms with E-state index in [9.17, 15) is 4.79 Å². The van der Waals surface area contributed by atoms with Crippen LogP contribution in [-0.2, 0) is 4.74 Å². The van der Waals surface area contributed by atoms with Crippen molar-refractivity contribution >= 4 is 50.6 Å². The Morgan fingerprint density at radius 2 is 1.92 bits per heavy atom. The van der Waals surface area contributed by atoms with Crippen molar-refractivity contribution in [1.29, 1.82) is 0 Å². The zero-order valence-corrected chi connectivity index (χ0v) is 16.0. The molecule has 130 valence electrons. The molecule has 2 aromatic heterocycles. The van der Waals surface area contributed by atoms with Gasteiger partial charge in [-0.3, -0.25) is 0 Å². The van der Waals surface area contributed by atoms with Gasteiger partial charge in [-0.05, 0) is 50.1 Å². The van der Waals surface area contributed by atoms with E-state index in [-0.39, 0.29) is 17.4 Å². The Balaban J connectivity index is 2.16. The lowest BCUT2D eigenvalue weighted by Crippen LogP contribution is -2.13. The van der Waals surface area contributed by atoms with E-state index in [1.165, 1.54) is 11.3 Å². The summed E-state index contributed by atoms with van der Waals surface area (Å²) in [5.74, 6) is 0.318. The lowest BCUT2D eigenvalue weighted by atomic mass is 10.2. The lowest BCUT2D eigenvalue weighted by Gasteiger charge is -2.19. The highest BCUT2D eigenvalue weighted by Crippen LogP contribution is 2.38. The Labute approximate surface area is 155 Å². The number of halogens is 1. The minimum Gasteiger partial charge on any atom is -0.459 e. The monoisotopic (exact) mass is 375 g/mol. The van der Waals surface area contributed by atoms with Crippen LogP contribution in [0.15, 0.2) is 30.3 Å². The first-order valence-electron chi connectivity index (χ1n) is 7.85. The first-order valence-corrected chi connectivity index (χ1v) is 9.04. The number of aryl methyl sites for hydroxylation is 1. The SMILES string of the molecule is Cc1c(C(=O)OC(C)C)sc2nc(Cl)nc(N(C)c3ccccc3)c12. The fourth-order valence-corrected chi connectivity index (χ4v) is 3.84.